The van der Waals surface area contributed by atoms with Crippen molar-refractivity contribution < 1.29 is 4.79 Å². The summed E-state index contributed by atoms with van der Waals surface area (Å²) in [4.78, 5) is 14.1. The summed E-state index contributed by atoms with van der Waals surface area (Å²) in [5.41, 5.74) is 6.50. The van der Waals surface area contributed by atoms with Gasteiger partial charge in [-0.2, -0.15) is 0 Å². The van der Waals surface area contributed by atoms with Crippen molar-refractivity contribution in [2.45, 2.75) is 6.42 Å². The molecule has 0 radical (unpaired) electrons. The van der Waals surface area contributed by atoms with E-state index in [1.54, 1.807) is 0 Å². The van der Waals surface area contributed by atoms with Crippen molar-refractivity contribution in [1.82, 2.24) is 4.90 Å². The van der Waals surface area contributed by atoms with E-state index in [4.69, 9.17) is 5.73 Å². The van der Waals surface area contributed by atoms with Crippen LogP contribution in [0.3, 0.4) is 0 Å². The number of amides is 1. The zero-order valence-corrected chi connectivity index (χ0v) is 13.6. The van der Waals surface area contributed by atoms with Gasteiger partial charge in [0.1, 0.15) is 0 Å². The number of hydrogen-bond acceptors (Lipinski definition) is 3. The van der Waals surface area contributed by atoms with Gasteiger partial charge >= 0.3 is 0 Å². The molecule has 0 saturated carbocycles. The van der Waals surface area contributed by atoms with Crippen LogP contribution in [0.5, 0.6) is 0 Å². The number of nitrogens with zero attached hydrogens (tertiary/aromatic N) is 1. The predicted octanol–water partition coefficient (Wildman–Crippen LogP) is 1.93. The number of nitrogens with two attached hydrogens (primary N) is 1. The van der Waals surface area contributed by atoms with Crippen LogP contribution in [0.4, 0.5) is 5.69 Å². The molecule has 3 N–H and O–H groups in total. The number of hydrogen-bond donors (Lipinski definition) is 2. The van der Waals surface area contributed by atoms with Crippen molar-refractivity contribution >= 4 is 46.6 Å². The Kier molecular flexibility index (Phi) is 7.06. The molecule has 0 aromatic heterocycles. The van der Waals surface area contributed by atoms with Crippen LogP contribution >= 0.6 is 35.0 Å². The van der Waals surface area contributed by atoms with Crippen molar-refractivity contribution in [3.8, 4) is 0 Å². The van der Waals surface area contributed by atoms with Gasteiger partial charge < -0.3 is 11.1 Å². The lowest BCUT2D eigenvalue weighted by atomic mass is 10.1. The fourth-order valence-corrected chi connectivity index (χ4v) is 2.76. The van der Waals surface area contributed by atoms with Crippen molar-refractivity contribution in [1.29, 1.82) is 0 Å². The second-order valence-electron chi connectivity index (χ2n) is 4.68. The fourth-order valence-electron chi connectivity index (χ4n) is 2.22. The number of nitrogens with one attached hydrogen (secondary N) is 1. The van der Waals surface area contributed by atoms with Gasteiger partial charge in [0, 0.05) is 15.8 Å². The number of benzene rings is 1. The highest BCUT2D eigenvalue weighted by molar-refractivity contribution is 14.1. The van der Waals surface area contributed by atoms with E-state index in [1.807, 2.05) is 24.3 Å². The minimum Gasteiger partial charge on any atom is -0.330 e. The lowest BCUT2D eigenvalue weighted by Gasteiger charge is -2.15. The highest BCUT2D eigenvalue weighted by atomic mass is 127. The molecule has 1 aliphatic rings. The predicted molar refractivity (Wildman–Crippen MR) is 88.6 cm³/mol. The second kappa shape index (κ2) is 8.04. The molecule has 6 heteroatoms. The molecule has 1 aromatic carbocycles. The molecule has 4 nitrogen and oxygen atoms in total. The second-order valence-corrected chi connectivity index (χ2v) is 5.93. The smallest absolute Gasteiger partial charge is 0.238 e. The molecule has 1 atom stereocenters. The maximum absolute atomic E-state index is 11.9. The Morgan fingerprint density at radius 2 is 2.32 bits per heavy atom. The molecule has 2 rings (SSSR count). The molecule has 0 bridgehead atoms. The summed E-state index contributed by atoms with van der Waals surface area (Å²) in [5.74, 6) is 0.602. The molecule has 1 aliphatic heterocycles. The van der Waals surface area contributed by atoms with Gasteiger partial charge in [-0.3, -0.25) is 9.69 Å². The standard InChI is InChI=1S/C13H18IN3O.ClH/c14-11-2-1-3-12(6-11)16-13(18)9-17-5-4-10(7-15)8-17;/h1-3,6,10H,4-5,7-9,15H2,(H,16,18);1H. The molecule has 1 heterocycles. The Morgan fingerprint density at radius 3 is 2.95 bits per heavy atom. The van der Waals surface area contributed by atoms with Gasteiger partial charge in [0.05, 0.1) is 6.54 Å². The molecular weight excluding hydrogens is 377 g/mol. The van der Waals surface area contributed by atoms with Crippen LogP contribution in [-0.2, 0) is 4.79 Å². The zero-order valence-electron chi connectivity index (χ0n) is 10.6. The SMILES string of the molecule is Cl.NCC1CCN(CC(=O)Nc2cccc(I)c2)C1. The van der Waals surface area contributed by atoms with E-state index in [0.717, 1.165) is 35.3 Å². The molecule has 19 heavy (non-hydrogen) atoms. The van der Waals surface area contributed by atoms with Gasteiger partial charge in [-0.25, -0.2) is 0 Å². The number of anilines is 1. The summed E-state index contributed by atoms with van der Waals surface area (Å²) in [5, 5.41) is 2.93. The average Bonchev–Trinajstić information content (AvgIpc) is 2.76. The molecule has 0 spiro atoms. The summed E-state index contributed by atoms with van der Waals surface area (Å²) in [7, 11) is 0. The topological polar surface area (TPSA) is 58.4 Å². The van der Waals surface area contributed by atoms with Crippen molar-refractivity contribution in [2.75, 3.05) is 31.5 Å². The van der Waals surface area contributed by atoms with Crippen LogP contribution in [0.1, 0.15) is 6.42 Å². The Hall–Kier alpha value is -0.370. The summed E-state index contributed by atoms with van der Waals surface area (Å²) in [6.45, 7) is 3.09. The Bertz CT molecular complexity index is 430. The maximum atomic E-state index is 11.9. The van der Waals surface area contributed by atoms with Gasteiger partial charge in [0.15, 0.2) is 0 Å². The van der Waals surface area contributed by atoms with Crippen molar-refractivity contribution in [3.63, 3.8) is 0 Å². The summed E-state index contributed by atoms with van der Waals surface area (Å²) >= 11 is 2.23. The third-order valence-electron chi connectivity index (χ3n) is 3.18. The molecule has 1 amide bonds. The maximum Gasteiger partial charge on any atom is 0.238 e. The Balaban J connectivity index is 0.00000180. The molecule has 1 saturated heterocycles. The summed E-state index contributed by atoms with van der Waals surface area (Å²) in [6.07, 6.45) is 1.10. The largest absolute Gasteiger partial charge is 0.330 e. The zero-order chi connectivity index (χ0) is 13.0. The minimum absolute atomic E-state index is 0. The Labute approximate surface area is 133 Å². The molecular formula is C13H19ClIN3O. The van der Waals surface area contributed by atoms with Crippen LogP contribution in [0.2, 0.25) is 0 Å². The van der Waals surface area contributed by atoms with E-state index in [-0.39, 0.29) is 18.3 Å². The van der Waals surface area contributed by atoms with Crippen LogP contribution in [0.25, 0.3) is 0 Å². The molecule has 106 valence electrons. The number of likely N-dealkylation sites (tertiary alicyclic amines) is 1. The number of rotatable bonds is 4. The molecule has 1 unspecified atom stereocenters. The van der Waals surface area contributed by atoms with E-state index in [9.17, 15) is 4.79 Å². The van der Waals surface area contributed by atoms with Gasteiger partial charge in [0.2, 0.25) is 5.91 Å². The van der Waals surface area contributed by atoms with E-state index in [1.165, 1.54) is 0 Å². The van der Waals surface area contributed by atoms with Crippen molar-refractivity contribution in [2.24, 2.45) is 11.7 Å². The fraction of sp³-hybridized carbons (Fsp3) is 0.462. The number of halogens is 2. The quantitative estimate of drug-likeness (QED) is 0.766. The minimum atomic E-state index is 0. The third kappa shape index (κ3) is 5.25. The molecule has 1 fully saturated rings. The van der Waals surface area contributed by atoms with E-state index < -0.39 is 0 Å². The lowest BCUT2D eigenvalue weighted by Crippen LogP contribution is -2.32. The van der Waals surface area contributed by atoms with E-state index in [2.05, 4.69) is 32.8 Å². The first-order valence-corrected chi connectivity index (χ1v) is 7.23. The highest BCUT2D eigenvalue weighted by Gasteiger charge is 2.22. The van der Waals surface area contributed by atoms with Gasteiger partial charge in [-0.05, 0) is 66.2 Å². The Morgan fingerprint density at radius 1 is 1.53 bits per heavy atom. The number of carbonyl (C=O) groups is 1. The highest BCUT2D eigenvalue weighted by Crippen LogP contribution is 2.15. The van der Waals surface area contributed by atoms with Crippen molar-refractivity contribution in [3.05, 3.63) is 27.8 Å². The normalized spacial score (nSPS) is 18.9. The van der Waals surface area contributed by atoms with Crippen LogP contribution in [0.15, 0.2) is 24.3 Å². The first-order chi connectivity index (χ1) is 8.67. The first-order valence-electron chi connectivity index (χ1n) is 6.15. The summed E-state index contributed by atoms with van der Waals surface area (Å²) in [6, 6.07) is 7.82. The van der Waals surface area contributed by atoms with Crippen LogP contribution in [-0.4, -0.2) is 37.0 Å². The molecule has 0 aliphatic carbocycles. The average molecular weight is 396 g/mol. The van der Waals surface area contributed by atoms with E-state index >= 15 is 0 Å². The van der Waals surface area contributed by atoms with Gasteiger partial charge in [-0.1, -0.05) is 6.07 Å². The van der Waals surface area contributed by atoms with Gasteiger partial charge in [0.25, 0.3) is 0 Å². The monoisotopic (exact) mass is 395 g/mol. The number of carbonyl (C=O) groups excluding carboxylic acids is 1. The van der Waals surface area contributed by atoms with Crippen LogP contribution in [0, 0.1) is 9.49 Å². The van der Waals surface area contributed by atoms with Gasteiger partial charge in [-0.15, -0.1) is 12.4 Å². The van der Waals surface area contributed by atoms with E-state index in [0.29, 0.717) is 12.5 Å². The third-order valence-corrected chi connectivity index (χ3v) is 3.85. The van der Waals surface area contributed by atoms with Crippen LogP contribution < -0.4 is 11.1 Å². The lowest BCUT2D eigenvalue weighted by molar-refractivity contribution is -0.117. The summed E-state index contributed by atoms with van der Waals surface area (Å²) < 4.78 is 1.12. The molecule has 1 aromatic rings. The first kappa shape index (κ1) is 16.7.